The van der Waals surface area contributed by atoms with E-state index < -0.39 is 0 Å². The normalized spacial score (nSPS) is 10.0. The van der Waals surface area contributed by atoms with E-state index in [1.807, 2.05) is 11.4 Å². The Hall–Kier alpha value is -2.78. The van der Waals surface area contributed by atoms with Crippen molar-refractivity contribution in [2.24, 2.45) is 5.18 Å². The second-order valence-corrected chi connectivity index (χ2v) is 5.37. The van der Waals surface area contributed by atoms with Gasteiger partial charge < -0.3 is 5.32 Å². The molecule has 0 spiro atoms. The first kappa shape index (κ1) is 14.2. The third-order valence-corrected chi connectivity index (χ3v) is 3.83. The lowest BCUT2D eigenvalue weighted by molar-refractivity contribution is 1.07. The van der Waals surface area contributed by atoms with Crippen LogP contribution in [0.4, 0.5) is 11.5 Å². The Morgan fingerprint density at radius 3 is 2.86 bits per heavy atom. The number of anilines is 1. The maximum atomic E-state index is 10.3. The lowest BCUT2D eigenvalue weighted by atomic mass is 10.2. The molecule has 3 aromatic rings. The molecule has 108 valence electrons. The Morgan fingerprint density at radius 2 is 2.05 bits per heavy atom. The van der Waals surface area contributed by atoms with E-state index in [-0.39, 0.29) is 0 Å². The minimum atomic E-state index is 0.413. The van der Waals surface area contributed by atoms with Crippen molar-refractivity contribution in [3.63, 3.8) is 0 Å². The highest BCUT2D eigenvalue weighted by atomic mass is 32.1. The van der Waals surface area contributed by atoms with Gasteiger partial charge in [0.2, 0.25) is 0 Å². The molecular formula is C16H12N4OS. The van der Waals surface area contributed by atoms with Crippen LogP contribution >= 0.6 is 11.3 Å². The molecule has 2 aromatic heterocycles. The summed E-state index contributed by atoms with van der Waals surface area (Å²) in [6.45, 7) is 0.711. The SMILES string of the molecule is O=Nc1ccc(C#CCCNc2ncnc3sccc23)cc1. The molecule has 5 nitrogen and oxygen atoms in total. The number of rotatable bonds is 4. The zero-order chi connectivity index (χ0) is 15.2. The second kappa shape index (κ2) is 6.78. The van der Waals surface area contributed by atoms with Crippen LogP contribution in [0.5, 0.6) is 0 Å². The van der Waals surface area contributed by atoms with Crippen LogP contribution in [0.3, 0.4) is 0 Å². The molecule has 0 radical (unpaired) electrons. The zero-order valence-corrected chi connectivity index (χ0v) is 12.4. The van der Waals surface area contributed by atoms with Gasteiger partial charge in [-0.15, -0.1) is 16.2 Å². The van der Waals surface area contributed by atoms with Gasteiger partial charge in [-0.25, -0.2) is 9.97 Å². The summed E-state index contributed by atoms with van der Waals surface area (Å²) in [6, 6.07) is 8.90. The number of fused-ring (bicyclic) bond motifs is 1. The number of hydrogen-bond acceptors (Lipinski definition) is 6. The molecule has 0 bridgehead atoms. The van der Waals surface area contributed by atoms with E-state index in [9.17, 15) is 4.91 Å². The van der Waals surface area contributed by atoms with Crippen LogP contribution in [-0.2, 0) is 0 Å². The largest absolute Gasteiger partial charge is 0.368 e. The molecule has 0 saturated heterocycles. The Morgan fingerprint density at radius 1 is 1.18 bits per heavy atom. The predicted molar refractivity (Wildman–Crippen MR) is 89.3 cm³/mol. The van der Waals surface area contributed by atoms with Crippen LogP contribution in [0.25, 0.3) is 10.2 Å². The van der Waals surface area contributed by atoms with Crippen molar-refractivity contribution in [1.29, 1.82) is 0 Å². The number of nitroso groups, excluding NO2 is 1. The van der Waals surface area contributed by atoms with Crippen molar-refractivity contribution in [2.45, 2.75) is 6.42 Å². The quantitative estimate of drug-likeness (QED) is 0.450. The average Bonchev–Trinajstić information content (AvgIpc) is 3.04. The highest BCUT2D eigenvalue weighted by Crippen LogP contribution is 2.23. The maximum absolute atomic E-state index is 10.3. The van der Waals surface area contributed by atoms with E-state index in [1.165, 1.54) is 0 Å². The van der Waals surface area contributed by atoms with Gasteiger partial charge in [0.15, 0.2) is 0 Å². The van der Waals surface area contributed by atoms with E-state index in [4.69, 9.17) is 0 Å². The van der Waals surface area contributed by atoms with E-state index in [2.05, 4.69) is 32.3 Å². The number of thiophene rings is 1. The Labute approximate surface area is 131 Å². The molecule has 0 aliphatic carbocycles. The molecular weight excluding hydrogens is 296 g/mol. The minimum absolute atomic E-state index is 0.413. The fourth-order valence-corrected chi connectivity index (χ4v) is 2.68. The van der Waals surface area contributed by atoms with Gasteiger partial charge in [0.1, 0.15) is 22.7 Å². The van der Waals surface area contributed by atoms with Gasteiger partial charge in [0.25, 0.3) is 0 Å². The highest BCUT2D eigenvalue weighted by molar-refractivity contribution is 7.16. The molecule has 0 unspecified atom stereocenters. The number of benzene rings is 1. The molecule has 0 saturated carbocycles. The van der Waals surface area contributed by atoms with Gasteiger partial charge in [-0.3, -0.25) is 0 Å². The zero-order valence-electron chi connectivity index (χ0n) is 11.6. The van der Waals surface area contributed by atoms with Gasteiger partial charge in [0, 0.05) is 18.5 Å². The Balaban J connectivity index is 1.56. The van der Waals surface area contributed by atoms with E-state index in [1.54, 1.807) is 41.9 Å². The van der Waals surface area contributed by atoms with Gasteiger partial charge in [0.05, 0.1) is 5.39 Å². The molecule has 22 heavy (non-hydrogen) atoms. The molecule has 2 heterocycles. The van der Waals surface area contributed by atoms with E-state index in [0.717, 1.165) is 21.6 Å². The van der Waals surface area contributed by atoms with Crippen LogP contribution in [-0.4, -0.2) is 16.5 Å². The van der Waals surface area contributed by atoms with Crippen LogP contribution in [0.15, 0.2) is 47.2 Å². The summed E-state index contributed by atoms with van der Waals surface area (Å²) in [5, 5.41) is 9.17. The average molecular weight is 308 g/mol. The molecule has 0 amide bonds. The number of nitrogens with one attached hydrogen (secondary N) is 1. The van der Waals surface area contributed by atoms with Crippen molar-refractivity contribution in [3.05, 3.63) is 52.5 Å². The van der Waals surface area contributed by atoms with E-state index >= 15 is 0 Å². The summed E-state index contributed by atoms with van der Waals surface area (Å²) in [5.74, 6) is 6.98. The highest BCUT2D eigenvalue weighted by Gasteiger charge is 2.02. The lowest BCUT2D eigenvalue weighted by Gasteiger charge is -2.03. The molecule has 6 heteroatoms. The van der Waals surface area contributed by atoms with Gasteiger partial charge in [-0.1, -0.05) is 11.8 Å². The first-order valence-corrected chi connectivity index (χ1v) is 7.59. The molecule has 0 aliphatic rings. The fourth-order valence-electron chi connectivity index (χ4n) is 1.94. The van der Waals surface area contributed by atoms with Crippen molar-refractivity contribution < 1.29 is 0 Å². The standard InChI is InChI=1S/C16H12N4OS/c21-20-13-6-4-12(5-7-13)3-1-2-9-17-15-14-8-10-22-16(14)19-11-18-15/h4-8,10-11H,2,9H2,(H,17,18,19). The molecule has 0 fully saturated rings. The predicted octanol–water partition coefficient (Wildman–Crippen LogP) is 3.94. The summed E-state index contributed by atoms with van der Waals surface area (Å²) in [5.41, 5.74) is 1.28. The van der Waals surface area contributed by atoms with Crippen LogP contribution in [0.1, 0.15) is 12.0 Å². The third kappa shape index (κ3) is 3.27. The molecule has 1 N–H and O–H groups in total. The number of aromatic nitrogens is 2. The fraction of sp³-hybridized carbons (Fsp3) is 0.125. The Bertz CT molecular complexity index is 846. The molecule has 0 aliphatic heterocycles. The lowest BCUT2D eigenvalue weighted by Crippen LogP contribution is -2.02. The summed E-state index contributed by atoms with van der Waals surface area (Å²) in [4.78, 5) is 19.8. The summed E-state index contributed by atoms with van der Waals surface area (Å²) < 4.78 is 0. The monoisotopic (exact) mass is 308 g/mol. The van der Waals surface area contributed by atoms with Crippen LogP contribution in [0.2, 0.25) is 0 Å². The minimum Gasteiger partial charge on any atom is -0.368 e. The van der Waals surface area contributed by atoms with Gasteiger partial charge in [-0.05, 0) is 40.9 Å². The van der Waals surface area contributed by atoms with Crippen molar-refractivity contribution in [2.75, 3.05) is 11.9 Å². The van der Waals surface area contributed by atoms with E-state index in [0.29, 0.717) is 18.7 Å². The maximum Gasteiger partial charge on any atom is 0.138 e. The van der Waals surface area contributed by atoms with Crippen LogP contribution in [0, 0.1) is 16.7 Å². The van der Waals surface area contributed by atoms with Crippen molar-refractivity contribution in [3.8, 4) is 11.8 Å². The second-order valence-electron chi connectivity index (χ2n) is 4.48. The first-order valence-electron chi connectivity index (χ1n) is 6.71. The topological polar surface area (TPSA) is 67.2 Å². The van der Waals surface area contributed by atoms with Crippen molar-refractivity contribution in [1.82, 2.24) is 9.97 Å². The van der Waals surface area contributed by atoms with Crippen molar-refractivity contribution >= 4 is 33.1 Å². The van der Waals surface area contributed by atoms with Gasteiger partial charge >= 0.3 is 0 Å². The number of nitrogens with zero attached hydrogens (tertiary/aromatic N) is 3. The third-order valence-electron chi connectivity index (χ3n) is 3.01. The number of hydrogen-bond donors (Lipinski definition) is 1. The summed E-state index contributed by atoms with van der Waals surface area (Å²) >= 11 is 1.60. The first-order chi connectivity index (χ1) is 10.9. The molecule has 3 rings (SSSR count). The Kier molecular flexibility index (Phi) is 4.37. The van der Waals surface area contributed by atoms with Crippen LogP contribution < -0.4 is 5.32 Å². The molecule has 0 atom stereocenters. The summed E-state index contributed by atoms with van der Waals surface area (Å²) in [6.07, 6.45) is 2.26. The summed E-state index contributed by atoms with van der Waals surface area (Å²) in [7, 11) is 0. The smallest absolute Gasteiger partial charge is 0.138 e. The van der Waals surface area contributed by atoms with Gasteiger partial charge in [-0.2, -0.15) is 0 Å². The molecule has 1 aromatic carbocycles.